The van der Waals surface area contributed by atoms with Crippen molar-refractivity contribution in [3.8, 4) is 5.75 Å². The van der Waals surface area contributed by atoms with E-state index in [2.05, 4.69) is 45.9 Å². The number of hydrogen-bond donors (Lipinski definition) is 2. The minimum atomic E-state index is -0.385. The van der Waals surface area contributed by atoms with Crippen LogP contribution in [0.4, 0.5) is 0 Å². The third kappa shape index (κ3) is 4.99. The first kappa shape index (κ1) is 17.3. The molecule has 0 spiro atoms. The van der Waals surface area contributed by atoms with E-state index in [1.807, 2.05) is 0 Å². The normalized spacial score (nSPS) is 23.5. The zero-order chi connectivity index (χ0) is 16.1. The standard InChI is InChI=1S/C19H31NO2/c1-14(2)18-6-5-16(4)11-19(18)22-13-17(21)12-20-9-7-15(3)8-10-20/h5-6,11,14-15,17,21H,7-10,12-13H2,1-4H3/p+1/t17-/m1/s1. The highest BCUT2D eigenvalue weighted by Crippen LogP contribution is 2.27. The molecule has 0 bridgehead atoms. The minimum Gasteiger partial charge on any atom is -0.490 e. The highest BCUT2D eigenvalue weighted by molar-refractivity contribution is 5.39. The molecule has 1 fully saturated rings. The molecule has 2 rings (SSSR count). The molecule has 1 aromatic rings. The maximum Gasteiger partial charge on any atom is 0.137 e. The van der Waals surface area contributed by atoms with Crippen LogP contribution in [0, 0.1) is 12.8 Å². The van der Waals surface area contributed by atoms with Crippen LogP contribution in [0.25, 0.3) is 0 Å². The first-order valence-electron chi connectivity index (χ1n) is 8.70. The SMILES string of the molecule is Cc1ccc(C(C)C)c(OC[C@H](O)C[NH+]2CCC(C)CC2)c1. The Labute approximate surface area is 135 Å². The maximum absolute atomic E-state index is 10.3. The Morgan fingerprint density at radius 3 is 2.59 bits per heavy atom. The molecule has 0 aliphatic carbocycles. The molecule has 1 aliphatic rings. The van der Waals surface area contributed by atoms with Gasteiger partial charge in [0, 0.05) is 0 Å². The Kier molecular flexibility index (Phi) is 6.27. The molecule has 0 amide bonds. The number of piperidine rings is 1. The van der Waals surface area contributed by atoms with Gasteiger partial charge in [-0.1, -0.05) is 32.9 Å². The Balaban J connectivity index is 1.85. The lowest BCUT2D eigenvalue weighted by molar-refractivity contribution is -0.909. The lowest BCUT2D eigenvalue weighted by Gasteiger charge is -2.29. The van der Waals surface area contributed by atoms with Crippen molar-refractivity contribution < 1.29 is 14.7 Å². The second-order valence-corrected chi connectivity index (χ2v) is 7.30. The van der Waals surface area contributed by atoms with E-state index in [1.165, 1.54) is 42.0 Å². The van der Waals surface area contributed by atoms with Crippen molar-refractivity contribution in [3.63, 3.8) is 0 Å². The predicted molar refractivity (Wildman–Crippen MR) is 90.7 cm³/mol. The van der Waals surface area contributed by atoms with Crippen molar-refractivity contribution in [2.75, 3.05) is 26.2 Å². The number of likely N-dealkylation sites (tertiary alicyclic amines) is 1. The fourth-order valence-electron chi connectivity index (χ4n) is 3.20. The quantitative estimate of drug-likeness (QED) is 0.844. The summed E-state index contributed by atoms with van der Waals surface area (Å²) in [5.41, 5.74) is 2.42. The molecule has 124 valence electrons. The Morgan fingerprint density at radius 1 is 1.27 bits per heavy atom. The zero-order valence-electron chi connectivity index (χ0n) is 14.6. The Bertz CT molecular complexity index is 465. The molecule has 1 atom stereocenters. The second-order valence-electron chi connectivity index (χ2n) is 7.30. The number of aryl methyl sites for hydroxylation is 1. The molecule has 1 aliphatic heterocycles. The lowest BCUT2D eigenvalue weighted by atomic mass is 9.99. The van der Waals surface area contributed by atoms with Gasteiger partial charge in [0.05, 0.1) is 13.1 Å². The molecule has 0 radical (unpaired) electrons. The van der Waals surface area contributed by atoms with Crippen LogP contribution in [-0.2, 0) is 0 Å². The Hall–Kier alpha value is -1.06. The molecule has 2 N–H and O–H groups in total. The van der Waals surface area contributed by atoms with Gasteiger partial charge in [-0.25, -0.2) is 0 Å². The van der Waals surface area contributed by atoms with E-state index in [4.69, 9.17) is 4.74 Å². The monoisotopic (exact) mass is 306 g/mol. The molecule has 0 unspecified atom stereocenters. The first-order chi connectivity index (χ1) is 10.5. The Morgan fingerprint density at radius 2 is 1.95 bits per heavy atom. The number of nitrogens with one attached hydrogen (secondary N) is 1. The summed E-state index contributed by atoms with van der Waals surface area (Å²) in [5.74, 6) is 2.20. The summed E-state index contributed by atoms with van der Waals surface area (Å²) in [5, 5.41) is 10.3. The number of rotatable bonds is 6. The summed E-state index contributed by atoms with van der Waals surface area (Å²) >= 11 is 0. The van der Waals surface area contributed by atoms with Gasteiger partial charge in [-0.3, -0.25) is 0 Å². The molecule has 3 nitrogen and oxygen atoms in total. The minimum absolute atomic E-state index is 0.385. The fraction of sp³-hybridized carbons (Fsp3) is 0.684. The van der Waals surface area contributed by atoms with Crippen LogP contribution in [0.15, 0.2) is 18.2 Å². The van der Waals surface area contributed by atoms with Crippen LogP contribution in [0.5, 0.6) is 5.75 Å². The smallest absolute Gasteiger partial charge is 0.137 e. The number of aliphatic hydroxyl groups is 1. The molecule has 0 aromatic heterocycles. The maximum atomic E-state index is 10.3. The van der Waals surface area contributed by atoms with Gasteiger partial charge in [-0.15, -0.1) is 0 Å². The van der Waals surface area contributed by atoms with Crippen LogP contribution >= 0.6 is 0 Å². The van der Waals surface area contributed by atoms with E-state index in [0.29, 0.717) is 12.5 Å². The lowest BCUT2D eigenvalue weighted by Crippen LogP contribution is -3.14. The van der Waals surface area contributed by atoms with Crippen molar-refractivity contribution in [2.45, 2.75) is 52.6 Å². The summed E-state index contributed by atoms with van der Waals surface area (Å²) < 4.78 is 5.94. The van der Waals surface area contributed by atoms with E-state index in [1.54, 1.807) is 0 Å². The fourth-order valence-corrected chi connectivity index (χ4v) is 3.20. The van der Waals surface area contributed by atoms with E-state index in [9.17, 15) is 5.11 Å². The van der Waals surface area contributed by atoms with Gasteiger partial charge in [0.2, 0.25) is 0 Å². The molecule has 22 heavy (non-hydrogen) atoms. The summed E-state index contributed by atoms with van der Waals surface area (Å²) in [6.45, 7) is 12.3. The van der Waals surface area contributed by atoms with Crippen LogP contribution in [0.3, 0.4) is 0 Å². The topological polar surface area (TPSA) is 33.9 Å². The predicted octanol–water partition coefficient (Wildman–Crippen LogP) is 2.17. The van der Waals surface area contributed by atoms with E-state index >= 15 is 0 Å². The van der Waals surface area contributed by atoms with Crippen molar-refractivity contribution in [2.24, 2.45) is 5.92 Å². The van der Waals surface area contributed by atoms with Gasteiger partial charge in [-0.2, -0.15) is 0 Å². The number of quaternary nitrogens is 1. The number of hydrogen-bond acceptors (Lipinski definition) is 2. The molecule has 0 saturated carbocycles. The summed E-state index contributed by atoms with van der Waals surface area (Å²) in [7, 11) is 0. The van der Waals surface area contributed by atoms with Gasteiger partial charge < -0.3 is 14.7 Å². The summed E-state index contributed by atoms with van der Waals surface area (Å²) in [6, 6.07) is 6.34. The highest BCUT2D eigenvalue weighted by atomic mass is 16.5. The van der Waals surface area contributed by atoms with E-state index in [0.717, 1.165) is 18.2 Å². The van der Waals surface area contributed by atoms with Crippen molar-refractivity contribution in [1.82, 2.24) is 0 Å². The average Bonchev–Trinajstić information content (AvgIpc) is 2.47. The van der Waals surface area contributed by atoms with Gasteiger partial charge in [0.15, 0.2) is 0 Å². The first-order valence-corrected chi connectivity index (χ1v) is 8.70. The second kappa shape index (κ2) is 7.98. The van der Waals surface area contributed by atoms with Gasteiger partial charge in [0.25, 0.3) is 0 Å². The number of benzene rings is 1. The van der Waals surface area contributed by atoms with E-state index in [-0.39, 0.29) is 6.10 Å². The van der Waals surface area contributed by atoms with Crippen molar-refractivity contribution in [1.29, 1.82) is 0 Å². The van der Waals surface area contributed by atoms with E-state index < -0.39 is 0 Å². The van der Waals surface area contributed by atoms with Crippen LogP contribution in [0.1, 0.15) is 50.7 Å². The molecule has 1 saturated heterocycles. The zero-order valence-corrected chi connectivity index (χ0v) is 14.6. The molecular weight excluding hydrogens is 274 g/mol. The highest BCUT2D eigenvalue weighted by Gasteiger charge is 2.22. The molecule has 1 aromatic carbocycles. The summed E-state index contributed by atoms with van der Waals surface area (Å²) in [6.07, 6.45) is 2.17. The third-order valence-electron chi connectivity index (χ3n) is 4.73. The largest absolute Gasteiger partial charge is 0.490 e. The number of aliphatic hydroxyl groups excluding tert-OH is 1. The average molecular weight is 306 g/mol. The van der Waals surface area contributed by atoms with Crippen molar-refractivity contribution >= 4 is 0 Å². The molecule has 3 heteroatoms. The van der Waals surface area contributed by atoms with Crippen LogP contribution < -0.4 is 9.64 Å². The molecular formula is C19H32NO2+. The van der Waals surface area contributed by atoms with Crippen LogP contribution in [0.2, 0.25) is 0 Å². The molecule has 1 heterocycles. The third-order valence-corrected chi connectivity index (χ3v) is 4.73. The van der Waals surface area contributed by atoms with Crippen LogP contribution in [-0.4, -0.2) is 37.5 Å². The van der Waals surface area contributed by atoms with Gasteiger partial charge >= 0.3 is 0 Å². The summed E-state index contributed by atoms with van der Waals surface area (Å²) in [4.78, 5) is 1.52. The van der Waals surface area contributed by atoms with Gasteiger partial charge in [0.1, 0.15) is 25.0 Å². The number of ether oxygens (including phenoxy) is 1. The van der Waals surface area contributed by atoms with Crippen molar-refractivity contribution in [3.05, 3.63) is 29.3 Å². The van der Waals surface area contributed by atoms with Gasteiger partial charge in [-0.05, 0) is 48.8 Å².